The number of aromatic nitrogens is 1. The Balaban J connectivity index is 1.75. The second-order valence-electron chi connectivity index (χ2n) is 5.57. The summed E-state index contributed by atoms with van der Waals surface area (Å²) in [5.74, 6) is -0.677. The zero-order chi connectivity index (χ0) is 18.5. The summed E-state index contributed by atoms with van der Waals surface area (Å²) in [6.45, 7) is 0.216. The van der Waals surface area contributed by atoms with E-state index in [1.54, 1.807) is 42.6 Å². The third kappa shape index (κ3) is 4.05. The number of hydrogen-bond acceptors (Lipinski definition) is 3. The number of pyridine rings is 1. The molecule has 1 heterocycles. The molecular formula is C20H13ClFN3O. The summed E-state index contributed by atoms with van der Waals surface area (Å²) in [5, 5.41) is 12.0. The van der Waals surface area contributed by atoms with Crippen molar-refractivity contribution in [2.75, 3.05) is 0 Å². The van der Waals surface area contributed by atoms with Gasteiger partial charge in [0.15, 0.2) is 0 Å². The molecule has 3 rings (SSSR count). The smallest absolute Gasteiger partial charge is 0.253 e. The van der Waals surface area contributed by atoms with Crippen molar-refractivity contribution >= 4 is 17.5 Å². The summed E-state index contributed by atoms with van der Waals surface area (Å²) in [6.07, 6.45) is 3.02. The van der Waals surface area contributed by atoms with Crippen LogP contribution in [0.3, 0.4) is 0 Å². The highest BCUT2D eigenvalue weighted by molar-refractivity contribution is 6.31. The lowest BCUT2D eigenvalue weighted by Crippen LogP contribution is -2.23. The second kappa shape index (κ2) is 7.77. The first-order valence-corrected chi connectivity index (χ1v) is 8.12. The van der Waals surface area contributed by atoms with Gasteiger partial charge in [-0.05, 0) is 41.5 Å². The molecule has 0 aliphatic heterocycles. The van der Waals surface area contributed by atoms with Crippen LogP contribution in [-0.2, 0) is 6.54 Å². The monoisotopic (exact) mass is 365 g/mol. The van der Waals surface area contributed by atoms with Gasteiger partial charge in [-0.25, -0.2) is 4.39 Å². The molecule has 6 heteroatoms. The predicted octanol–water partition coefficient (Wildman–Crippen LogP) is 4.34. The van der Waals surface area contributed by atoms with Gasteiger partial charge < -0.3 is 5.32 Å². The highest BCUT2D eigenvalue weighted by atomic mass is 35.5. The molecule has 128 valence electrons. The van der Waals surface area contributed by atoms with Crippen molar-refractivity contribution in [3.63, 3.8) is 0 Å². The molecule has 0 saturated heterocycles. The Labute approximate surface area is 154 Å². The third-order valence-corrected chi connectivity index (χ3v) is 4.13. The minimum Gasteiger partial charge on any atom is -0.348 e. The van der Waals surface area contributed by atoms with E-state index in [1.165, 1.54) is 18.3 Å². The van der Waals surface area contributed by atoms with E-state index in [4.69, 9.17) is 16.9 Å². The van der Waals surface area contributed by atoms with Gasteiger partial charge in [0.1, 0.15) is 5.82 Å². The van der Waals surface area contributed by atoms with Gasteiger partial charge in [0.2, 0.25) is 0 Å². The number of nitriles is 1. The van der Waals surface area contributed by atoms with Crippen LogP contribution in [0.1, 0.15) is 21.5 Å². The molecule has 0 saturated carbocycles. The molecule has 0 fully saturated rings. The molecule has 0 atom stereocenters. The Morgan fingerprint density at radius 1 is 1.15 bits per heavy atom. The van der Waals surface area contributed by atoms with Crippen LogP contribution in [0.5, 0.6) is 0 Å². The Kier molecular flexibility index (Phi) is 5.26. The van der Waals surface area contributed by atoms with E-state index in [0.717, 1.165) is 0 Å². The number of carbonyl (C=O) groups excluding carboxylic acids is 1. The molecule has 0 aliphatic carbocycles. The minimum atomic E-state index is -0.354. The van der Waals surface area contributed by atoms with Crippen LogP contribution in [-0.4, -0.2) is 10.9 Å². The Hall–Kier alpha value is -3.23. The van der Waals surface area contributed by atoms with Crippen LogP contribution in [0, 0.1) is 17.1 Å². The number of amides is 1. The highest BCUT2D eigenvalue weighted by Gasteiger charge is 2.10. The van der Waals surface area contributed by atoms with Crippen molar-refractivity contribution < 1.29 is 9.18 Å². The molecule has 0 unspecified atom stereocenters. The lowest BCUT2D eigenvalue weighted by Gasteiger charge is -2.08. The quantitative estimate of drug-likeness (QED) is 0.747. The molecule has 0 radical (unpaired) electrons. The van der Waals surface area contributed by atoms with Gasteiger partial charge in [-0.15, -0.1) is 0 Å². The van der Waals surface area contributed by atoms with Gasteiger partial charge in [-0.3, -0.25) is 9.78 Å². The fourth-order valence-corrected chi connectivity index (χ4v) is 2.68. The van der Waals surface area contributed by atoms with E-state index in [0.29, 0.717) is 32.8 Å². The molecule has 0 aliphatic rings. The van der Waals surface area contributed by atoms with Gasteiger partial charge in [0, 0.05) is 29.5 Å². The van der Waals surface area contributed by atoms with Gasteiger partial charge in [-0.2, -0.15) is 5.26 Å². The maximum atomic E-state index is 13.4. The van der Waals surface area contributed by atoms with E-state index in [9.17, 15) is 9.18 Å². The maximum absolute atomic E-state index is 13.4. The van der Waals surface area contributed by atoms with Gasteiger partial charge >= 0.3 is 0 Å². The highest BCUT2D eigenvalue weighted by Crippen LogP contribution is 2.21. The van der Waals surface area contributed by atoms with Crippen molar-refractivity contribution in [1.29, 1.82) is 5.26 Å². The summed E-state index contributed by atoms with van der Waals surface area (Å²) in [5.41, 5.74) is 2.80. The molecular weight excluding hydrogens is 353 g/mol. The summed E-state index contributed by atoms with van der Waals surface area (Å²) in [6, 6.07) is 14.6. The molecule has 1 amide bonds. The average molecular weight is 366 g/mol. The van der Waals surface area contributed by atoms with E-state index in [1.807, 2.05) is 6.07 Å². The van der Waals surface area contributed by atoms with Gasteiger partial charge in [0.05, 0.1) is 17.2 Å². The number of hydrogen-bond donors (Lipinski definition) is 1. The first kappa shape index (κ1) is 17.6. The number of nitrogens with zero attached hydrogens (tertiary/aromatic N) is 2. The number of nitrogens with one attached hydrogen (secondary N) is 1. The molecule has 2 aromatic carbocycles. The average Bonchev–Trinajstić information content (AvgIpc) is 2.66. The maximum Gasteiger partial charge on any atom is 0.253 e. The molecule has 0 bridgehead atoms. The molecule has 1 aromatic heterocycles. The van der Waals surface area contributed by atoms with Crippen LogP contribution in [0.2, 0.25) is 5.02 Å². The summed E-state index contributed by atoms with van der Waals surface area (Å²) in [7, 11) is 0. The lowest BCUT2D eigenvalue weighted by molar-refractivity contribution is 0.0950. The van der Waals surface area contributed by atoms with Crippen molar-refractivity contribution in [2.24, 2.45) is 0 Å². The Morgan fingerprint density at radius 2 is 2.00 bits per heavy atom. The van der Waals surface area contributed by atoms with Crippen LogP contribution < -0.4 is 5.32 Å². The standard InChI is InChI=1S/C20H13ClFN3O/c21-19-6-13(9-23)4-5-15(19)12-25-20(26)17-7-16(10-24-11-17)14-2-1-3-18(22)8-14/h1-8,10-11H,12H2,(H,25,26). The third-order valence-electron chi connectivity index (χ3n) is 3.78. The molecule has 26 heavy (non-hydrogen) atoms. The summed E-state index contributed by atoms with van der Waals surface area (Å²) < 4.78 is 13.4. The first-order chi connectivity index (χ1) is 12.6. The number of benzene rings is 2. The summed E-state index contributed by atoms with van der Waals surface area (Å²) in [4.78, 5) is 16.4. The minimum absolute atomic E-state index is 0.216. The van der Waals surface area contributed by atoms with Crippen LogP contribution in [0.15, 0.2) is 60.9 Å². The fraction of sp³-hybridized carbons (Fsp3) is 0.0500. The van der Waals surface area contributed by atoms with Gasteiger partial charge in [0.25, 0.3) is 5.91 Å². The largest absolute Gasteiger partial charge is 0.348 e. The predicted molar refractivity (Wildman–Crippen MR) is 97.0 cm³/mol. The second-order valence-corrected chi connectivity index (χ2v) is 5.98. The zero-order valence-electron chi connectivity index (χ0n) is 13.5. The number of halogens is 2. The van der Waals surface area contributed by atoms with E-state index in [-0.39, 0.29) is 18.3 Å². The van der Waals surface area contributed by atoms with Crippen molar-refractivity contribution in [3.05, 3.63) is 88.5 Å². The van der Waals surface area contributed by atoms with Crippen LogP contribution >= 0.6 is 11.6 Å². The van der Waals surface area contributed by atoms with Crippen LogP contribution in [0.4, 0.5) is 4.39 Å². The number of carbonyl (C=O) groups is 1. The Bertz CT molecular complexity index is 1010. The lowest BCUT2D eigenvalue weighted by atomic mass is 10.1. The first-order valence-electron chi connectivity index (χ1n) is 7.74. The Morgan fingerprint density at radius 3 is 2.73 bits per heavy atom. The SMILES string of the molecule is N#Cc1ccc(CNC(=O)c2cncc(-c3cccc(F)c3)c2)c(Cl)c1. The van der Waals surface area contributed by atoms with E-state index in [2.05, 4.69) is 10.3 Å². The molecule has 1 N–H and O–H groups in total. The molecule has 3 aromatic rings. The van der Waals surface area contributed by atoms with Crippen molar-refractivity contribution in [3.8, 4) is 17.2 Å². The van der Waals surface area contributed by atoms with E-state index < -0.39 is 0 Å². The van der Waals surface area contributed by atoms with Gasteiger partial charge in [-0.1, -0.05) is 29.8 Å². The van der Waals surface area contributed by atoms with E-state index >= 15 is 0 Å². The van der Waals surface area contributed by atoms with Crippen molar-refractivity contribution in [2.45, 2.75) is 6.54 Å². The topological polar surface area (TPSA) is 65.8 Å². The van der Waals surface area contributed by atoms with Crippen molar-refractivity contribution in [1.82, 2.24) is 10.3 Å². The zero-order valence-corrected chi connectivity index (χ0v) is 14.3. The number of rotatable bonds is 4. The molecule has 0 spiro atoms. The molecule has 4 nitrogen and oxygen atoms in total. The fourth-order valence-electron chi connectivity index (χ4n) is 2.43. The normalized spacial score (nSPS) is 10.2. The summed E-state index contributed by atoms with van der Waals surface area (Å²) >= 11 is 6.11. The van der Waals surface area contributed by atoms with Crippen LogP contribution in [0.25, 0.3) is 11.1 Å².